The van der Waals surface area contributed by atoms with Crippen molar-refractivity contribution in [2.75, 3.05) is 20.2 Å². The maximum atomic E-state index is 12.1. The topological polar surface area (TPSA) is 50.4 Å². The van der Waals surface area contributed by atoms with Gasteiger partial charge in [-0.05, 0) is 31.7 Å². The fraction of sp³-hybridized carbons (Fsp3) is 0.533. The van der Waals surface area contributed by atoms with Gasteiger partial charge in [0, 0.05) is 12.5 Å². The highest BCUT2D eigenvalue weighted by molar-refractivity contribution is 5.78. The van der Waals surface area contributed by atoms with Gasteiger partial charge in [0.1, 0.15) is 5.75 Å². The monoisotopic (exact) mass is 318 g/mol. The van der Waals surface area contributed by atoms with Gasteiger partial charge in [-0.1, -0.05) is 19.1 Å². The van der Waals surface area contributed by atoms with Crippen molar-refractivity contribution in [1.29, 1.82) is 0 Å². The minimum absolute atomic E-state index is 0.0840. The Morgan fingerprint density at radius 3 is 2.32 bits per heavy atom. The van der Waals surface area contributed by atoms with Crippen LogP contribution in [0.2, 0.25) is 0 Å². The van der Waals surface area contributed by atoms with Crippen molar-refractivity contribution in [3.05, 3.63) is 29.8 Å². The predicted octanol–water partition coefficient (Wildman–Crippen LogP) is 2.66. The Bertz CT molecular complexity index is 475. The van der Waals surface area contributed by atoms with E-state index < -0.39 is 12.8 Å². The standard InChI is InChI=1S/C15H21F3N2O2/c1-10(8-19-3)14(21)20-11(2)12-4-6-13(7-5-12)22-9-15(16,17)18/h4-7,10-11,19H,8-9H2,1-3H3,(H,20,21). The summed E-state index contributed by atoms with van der Waals surface area (Å²) in [7, 11) is 1.77. The lowest BCUT2D eigenvalue weighted by Gasteiger charge is -2.18. The molecule has 4 nitrogen and oxygen atoms in total. The van der Waals surface area contributed by atoms with Crippen molar-refractivity contribution in [3.8, 4) is 5.75 Å². The van der Waals surface area contributed by atoms with Crippen molar-refractivity contribution >= 4 is 5.91 Å². The van der Waals surface area contributed by atoms with Crippen molar-refractivity contribution < 1.29 is 22.7 Å². The van der Waals surface area contributed by atoms with Crippen LogP contribution in [0.4, 0.5) is 13.2 Å². The first-order chi connectivity index (χ1) is 10.2. The SMILES string of the molecule is CNCC(C)C(=O)NC(C)c1ccc(OCC(F)(F)F)cc1. The van der Waals surface area contributed by atoms with Gasteiger partial charge in [-0.25, -0.2) is 0 Å². The molecule has 0 aromatic heterocycles. The van der Waals surface area contributed by atoms with Crippen LogP contribution in [0, 0.1) is 5.92 Å². The third-order valence-electron chi connectivity index (χ3n) is 3.10. The highest BCUT2D eigenvalue weighted by atomic mass is 19.4. The molecule has 0 aliphatic carbocycles. The zero-order chi connectivity index (χ0) is 16.8. The Balaban J connectivity index is 2.56. The number of carbonyl (C=O) groups excluding carboxylic acids is 1. The number of rotatable bonds is 7. The van der Waals surface area contributed by atoms with E-state index in [0.717, 1.165) is 5.56 Å². The molecular formula is C15H21F3N2O2. The number of hydrogen-bond donors (Lipinski definition) is 2. The summed E-state index contributed by atoms with van der Waals surface area (Å²) < 4.78 is 40.8. The molecule has 0 fully saturated rings. The van der Waals surface area contributed by atoms with Crippen LogP contribution in [0.25, 0.3) is 0 Å². The molecule has 0 spiro atoms. The van der Waals surface area contributed by atoms with E-state index in [1.165, 1.54) is 12.1 Å². The van der Waals surface area contributed by atoms with Gasteiger partial charge in [-0.15, -0.1) is 0 Å². The zero-order valence-electron chi connectivity index (χ0n) is 12.8. The second kappa shape index (κ2) is 8.03. The van der Waals surface area contributed by atoms with Crippen LogP contribution in [0.15, 0.2) is 24.3 Å². The van der Waals surface area contributed by atoms with Gasteiger partial charge < -0.3 is 15.4 Å². The van der Waals surface area contributed by atoms with Crippen molar-refractivity contribution in [1.82, 2.24) is 10.6 Å². The number of hydrogen-bond acceptors (Lipinski definition) is 3. The first-order valence-electron chi connectivity index (χ1n) is 6.97. The normalized spacial score (nSPS) is 14.3. The number of alkyl halides is 3. The first kappa shape index (κ1) is 18.3. The Morgan fingerprint density at radius 1 is 1.23 bits per heavy atom. The quantitative estimate of drug-likeness (QED) is 0.813. The third kappa shape index (κ3) is 6.34. The fourth-order valence-electron chi connectivity index (χ4n) is 1.86. The lowest BCUT2D eigenvalue weighted by Crippen LogP contribution is -2.35. The van der Waals surface area contributed by atoms with Crippen LogP contribution < -0.4 is 15.4 Å². The van der Waals surface area contributed by atoms with E-state index in [4.69, 9.17) is 0 Å². The summed E-state index contributed by atoms with van der Waals surface area (Å²) >= 11 is 0. The van der Waals surface area contributed by atoms with Crippen LogP contribution in [0.5, 0.6) is 5.75 Å². The third-order valence-corrected chi connectivity index (χ3v) is 3.10. The fourth-order valence-corrected chi connectivity index (χ4v) is 1.86. The van der Waals surface area contributed by atoms with Crippen LogP contribution in [-0.4, -0.2) is 32.3 Å². The van der Waals surface area contributed by atoms with Gasteiger partial charge in [-0.3, -0.25) is 4.79 Å². The molecule has 1 aromatic carbocycles. The molecular weight excluding hydrogens is 297 g/mol. The molecule has 0 saturated heterocycles. The lowest BCUT2D eigenvalue weighted by molar-refractivity contribution is -0.153. The first-order valence-corrected chi connectivity index (χ1v) is 6.97. The second-order valence-electron chi connectivity index (χ2n) is 5.16. The predicted molar refractivity (Wildman–Crippen MR) is 77.6 cm³/mol. The van der Waals surface area contributed by atoms with E-state index in [1.807, 2.05) is 13.8 Å². The molecule has 1 aromatic rings. The molecule has 22 heavy (non-hydrogen) atoms. The van der Waals surface area contributed by atoms with Crippen molar-refractivity contribution in [2.24, 2.45) is 5.92 Å². The van der Waals surface area contributed by atoms with E-state index in [-0.39, 0.29) is 23.6 Å². The maximum absolute atomic E-state index is 12.1. The second-order valence-corrected chi connectivity index (χ2v) is 5.16. The summed E-state index contributed by atoms with van der Waals surface area (Å²) in [5, 5.41) is 5.78. The summed E-state index contributed by atoms with van der Waals surface area (Å²) in [5.41, 5.74) is 0.796. The Morgan fingerprint density at radius 2 is 1.82 bits per heavy atom. The molecule has 2 atom stereocenters. The van der Waals surface area contributed by atoms with E-state index in [0.29, 0.717) is 6.54 Å². The average Bonchev–Trinajstić information content (AvgIpc) is 2.45. The molecule has 2 unspecified atom stereocenters. The van der Waals surface area contributed by atoms with E-state index in [9.17, 15) is 18.0 Å². The summed E-state index contributed by atoms with van der Waals surface area (Å²) in [5.74, 6) is -0.107. The van der Waals surface area contributed by atoms with Gasteiger partial charge in [0.2, 0.25) is 5.91 Å². The minimum Gasteiger partial charge on any atom is -0.484 e. The highest BCUT2D eigenvalue weighted by Crippen LogP contribution is 2.21. The highest BCUT2D eigenvalue weighted by Gasteiger charge is 2.28. The average molecular weight is 318 g/mol. The number of halogens is 3. The van der Waals surface area contributed by atoms with Crippen LogP contribution in [0.3, 0.4) is 0 Å². The molecule has 0 saturated carbocycles. The smallest absolute Gasteiger partial charge is 0.422 e. The molecule has 0 heterocycles. The molecule has 2 N–H and O–H groups in total. The van der Waals surface area contributed by atoms with Gasteiger partial charge in [0.05, 0.1) is 6.04 Å². The van der Waals surface area contributed by atoms with Crippen LogP contribution in [0.1, 0.15) is 25.5 Å². The molecule has 0 radical (unpaired) electrons. The maximum Gasteiger partial charge on any atom is 0.422 e. The Kier molecular flexibility index (Phi) is 6.67. The number of nitrogens with one attached hydrogen (secondary N) is 2. The lowest BCUT2D eigenvalue weighted by atomic mass is 10.1. The molecule has 7 heteroatoms. The van der Waals surface area contributed by atoms with Gasteiger partial charge >= 0.3 is 6.18 Å². The number of carbonyl (C=O) groups is 1. The van der Waals surface area contributed by atoms with Crippen LogP contribution >= 0.6 is 0 Å². The molecule has 0 bridgehead atoms. The van der Waals surface area contributed by atoms with Crippen LogP contribution in [-0.2, 0) is 4.79 Å². The minimum atomic E-state index is -4.36. The van der Waals surface area contributed by atoms with Gasteiger partial charge in [0.25, 0.3) is 0 Å². The summed E-state index contributed by atoms with van der Waals surface area (Å²) in [4.78, 5) is 11.9. The molecule has 1 rings (SSSR count). The number of ether oxygens (including phenoxy) is 1. The molecule has 0 aliphatic heterocycles. The van der Waals surface area contributed by atoms with E-state index >= 15 is 0 Å². The number of benzene rings is 1. The Labute approximate surface area is 128 Å². The van der Waals surface area contributed by atoms with E-state index in [1.54, 1.807) is 19.2 Å². The largest absolute Gasteiger partial charge is 0.484 e. The number of amides is 1. The summed E-state index contributed by atoms with van der Waals surface area (Å²) in [6.07, 6.45) is -4.36. The van der Waals surface area contributed by atoms with Crippen molar-refractivity contribution in [3.63, 3.8) is 0 Å². The van der Waals surface area contributed by atoms with E-state index in [2.05, 4.69) is 15.4 Å². The Hall–Kier alpha value is -1.76. The van der Waals surface area contributed by atoms with Crippen molar-refractivity contribution in [2.45, 2.75) is 26.1 Å². The molecule has 1 amide bonds. The van der Waals surface area contributed by atoms with Gasteiger partial charge in [-0.2, -0.15) is 13.2 Å². The summed E-state index contributed by atoms with van der Waals surface area (Å²) in [6.45, 7) is 2.88. The molecule has 0 aliphatic rings. The zero-order valence-corrected chi connectivity index (χ0v) is 12.8. The van der Waals surface area contributed by atoms with Gasteiger partial charge in [0.15, 0.2) is 6.61 Å². The molecule has 124 valence electrons. The summed E-state index contributed by atoms with van der Waals surface area (Å²) in [6, 6.07) is 5.96.